The van der Waals surface area contributed by atoms with Crippen molar-refractivity contribution in [1.29, 1.82) is 0 Å². The zero-order valence-corrected chi connectivity index (χ0v) is 41.4. The number of amides is 12. The predicted molar refractivity (Wildman–Crippen MR) is 260 cm³/mol. The predicted octanol–water partition coefficient (Wildman–Crippen LogP) is -5.36. The highest BCUT2D eigenvalue weighted by atomic mass is 16.4. The number of carbonyl (C=O) groups excluding carboxylic acids is 12. The van der Waals surface area contributed by atoms with Gasteiger partial charge in [0.25, 0.3) is 0 Å². The lowest BCUT2D eigenvalue weighted by molar-refractivity contribution is -0.141. The van der Waals surface area contributed by atoms with Gasteiger partial charge in [-0.15, -0.1) is 0 Å². The number of benzene rings is 2. The van der Waals surface area contributed by atoms with Gasteiger partial charge in [0.15, 0.2) is 0 Å². The van der Waals surface area contributed by atoms with Crippen LogP contribution in [-0.2, 0) is 75.2 Å². The van der Waals surface area contributed by atoms with Crippen LogP contribution in [0.4, 0.5) is 0 Å². The van der Waals surface area contributed by atoms with E-state index in [-0.39, 0.29) is 19.3 Å². The molecule has 74 heavy (non-hydrogen) atoms. The first-order valence-corrected chi connectivity index (χ1v) is 23.2. The summed E-state index contributed by atoms with van der Waals surface area (Å²) in [6.07, 6.45) is -4.26. The van der Waals surface area contributed by atoms with Gasteiger partial charge in [0, 0.05) is 19.8 Å². The molecular formula is C47H66N12O15. The highest BCUT2D eigenvalue weighted by molar-refractivity contribution is 6.00. The molecule has 0 aliphatic heterocycles. The van der Waals surface area contributed by atoms with Gasteiger partial charge in [-0.2, -0.15) is 0 Å². The summed E-state index contributed by atoms with van der Waals surface area (Å²) in [4.78, 5) is 168. The standard InChI is InChI=1S/C47H66N12O15/c1-6-23(2)38(47(74)57-33(21-37(65)66)41(68)52-24(3)40(67)54-31(19-34(48)62)45(72)59-39(25(4)60)46(73)51-22-36(50)64)58-44(71)32(20-35(49)63)56-43(70)30(18-28-15-11-8-12-16-28)55-42(69)29(53-26(5)61)17-27-13-9-7-10-14-27/h7-16,23-25,29-33,38-39,60H,6,17-22H2,1-5H3,(H2,48,62)(H2,49,63)(H2,50,64)(H,51,73)(H,52,68)(H,53,61)(H,54,67)(H,55,69)(H,56,70)(H,57,74)(H,58,71)(H,59,72)(H,65,66)/t23-,24-,25+,29-,30-,31-,32-,33-,38-,39-/m0/s1. The van der Waals surface area contributed by atoms with E-state index < -0.39 is 163 Å². The average molecular weight is 1040 g/mol. The van der Waals surface area contributed by atoms with Crippen LogP contribution in [0.25, 0.3) is 0 Å². The van der Waals surface area contributed by atoms with Crippen LogP contribution in [0.1, 0.15) is 71.4 Å². The lowest BCUT2D eigenvalue weighted by Gasteiger charge is -2.29. The molecule has 0 aliphatic carbocycles. The van der Waals surface area contributed by atoms with Crippen molar-refractivity contribution in [2.75, 3.05) is 6.54 Å². The molecule has 0 aliphatic rings. The molecule has 404 valence electrons. The maximum atomic E-state index is 14.1. The van der Waals surface area contributed by atoms with E-state index in [9.17, 15) is 72.5 Å². The number of aliphatic carboxylic acids is 1. The second kappa shape index (κ2) is 30.4. The summed E-state index contributed by atoms with van der Waals surface area (Å²) < 4.78 is 0. The van der Waals surface area contributed by atoms with Crippen LogP contribution >= 0.6 is 0 Å². The number of rotatable bonds is 31. The molecule has 17 N–H and O–H groups in total. The molecule has 10 atom stereocenters. The van der Waals surface area contributed by atoms with Crippen molar-refractivity contribution in [1.82, 2.24) is 47.9 Å². The van der Waals surface area contributed by atoms with E-state index in [0.29, 0.717) is 11.1 Å². The summed E-state index contributed by atoms with van der Waals surface area (Å²) in [5.41, 5.74) is 17.0. The van der Waals surface area contributed by atoms with E-state index >= 15 is 0 Å². The number of nitrogens with one attached hydrogen (secondary N) is 9. The Hall–Kier alpha value is -8.49. The Labute approximate surface area is 425 Å². The Kier molecular flexibility index (Phi) is 25.3. The summed E-state index contributed by atoms with van der Waals surface area (Å²) in [6, 6.07) is 4.06. The number of carboxylic acids is 1. The molecule has 0 spiro atoms. The number of hydrogen-bond acceptors (Lipinski definition) is 14. The number of primary amides is 3. The van der Waals surface area contributed by atoms with Crippen molar-refractivity contribution in [2.45, 2.75) is 128 Å². The molecule has 0 aromatic heterocycles. The summed E-state index contributed by atoms with van der Waals surface area (Å²) in [7, 11) is 0. The van der Waals surface area contributed by atoms with Gasteiger partial charge in [0.05, 0.1) is 31.9 Å². The minimum absolute atomic E-state index is 0.0409. The summed E-state index contributed by atoms with van der Waals surface area (Å²) in [5.74, 6) is -14.8. The smallest absolute Gasteiger partial charge is 0.305 e. The minimum Gasteiger partial charge on any atom is -0.481 e. The molecule has 2 aromatic rings. The molecule has 2 aromatic carbocycles. The summed E-state index contributed by atoms with van der Waals surface area (Å²) >= 11 is 0. The Balaban J connectivity index is 2.35. The third kappa shape index (κ3) is 21.9. The Morgan fingerprint density at radius 3 is 1.28 bits per heavy atom. The van der Waals surface area contributed by atoms with Crippen LogP contribution < -0.4 is 65.1 Å². The van der Waals surface area contributed by atoms with E-state index in [2.05, 4.69) is 47.9 Å². The van der Waals surface area contributed by atoms with Crippen LogP contribution in [0, 0.1) is 5.92 Å². The normalized spacial score (nSPS) is 14.8. The van der Waals surface area contributed by atoms with Crippen LogP contribution in [0.3, 0.4) is 0 Å². The topological polar surface area (TPSA) is 449 Å². The van der Waals surface area contributed by atoms with Crippen molar-refractivity contribution in [3.8, 4) is 0 Å². The van der Waals surface area contributed by atoms with E-state index in [0.717, 1.165) is 13.8 Å². The Bertz CT molecular complexity index is 2350. The quantitative estimate of drug-likeness (QED) is 0.0335. The van der Waals surface area contributed by atoms with Crippen molar-refractivity contribution >= 4 is 76.9 Å². The van der Waals surface area contributed by atoms with E-state index in [1.807, 2.05) is 0 Å². The summed E-state index contributed by atoms with van der Waals surface area (Å²) in [6.45, 7) is 5.87. The van der Waals surface area contributed by atoms with Crippen molar-refractivity contribution in [3.05, 3.63) is 71.8 Å². The van der Waals surface area contributed by atoms with E-state index in [4.69, 9.17) is 17.2 Å². The molecular weight excluding hydrogens is 973 g/mol. The second-order valence-electron chi connectivity index (χ2n) is 17.3. The van der Waals surface area contributed by atoms with Gasteiger partial charge in [-0.05, 0) is 30.9 Å². The lowest BCUT2D eigenvalue weighted by atomic mass is 9.96. The van der Waals surface area contributed by atoms with Gasteiger partial charge in [-0.1, -0.05) is 80.9 Å². The van der Waals surface area contributed by atoms with Gasteiger partial charge in [-0.3, -0.25) is 62.3 Å². The van der Waals surface area contributed by atoms with Crippen molar-refractivity contribution in [3.63, 3.8) is 0 Å². The number of carbonyl (C=O) groups is 13. The zero-order valence-electron chi connectivity index (χ0n) is 41.4. The first kappa shape index (κ1) is 61.6. The molecule has 27 nitrogen and oxygen atoms in total. The van der Waals surface area contributed by atoms with Crippen LogP contribution in [0.5, 0.6) is 0 Å². The number of hydrogen-bond donors (Lipinski definition) is 14. The second-order valence-corrected chi connectivity index (χ2v) is 17.3. The maximum absolute atomic E-state index is 14.1. The third-order valence-corrected chi connectivity index (χ3v) is 11.0. The van der Waals surface area contributed by atoms with Crippen molar-refractivity contribution in [2.24, 2.45) is 23.1 Å². The van der Waals surface area contributed by atoms with Gasteiger partial charge in [-0.25, -0.2) is 0 Å². The lowest BCUT2D eigenvalue weighted by Crippen LogP contribution is -2.62. The monoisotopic (exact) mass is 1040 g/mol. The van der Waals surface area contributed by atoms with Crippen molar-refractivity contribution < 1.29 is 72.5 Å². The fraction of sp³-hybridized carbons (Fsp3) is 0.468. The van der Waals surface area contributed by atoms with Crippen LogP contribution in [0.15, 0.2) is 60.7 Å². The molecule has 0 unspecified atom stereocenters. The first-order chi connectivity index (χ1) is 34.7. The molecule has 27 heteroatoms. The largest absolute Gasteiger partial charge is 0.481 e. The summed E-state index contributed by atoms with van der Waals surface area (Å²) in [5, 5.41) is 40.6. The Morgan fingerprint density at radius 2 is 0.865 bits per heavy atom. The fourth-order valence-electron chi connectivity index (χ4n) is 6.95. The van der Waals surface area contributed by atoms with Crippen LogP contribution in [-0.4, -0.2) is 148 Å². The molecule has 0 saturated heterocycles. The molecule has 2 rings (SSSR count). The third-order valence-electron chi connectivity index (χ3n) is 11.0. The highest BCUT2D eigenvalue weighted by Gasteiger charge is 2.37. The van der Waals surface area contributed by atoms with Gasteiger partial charge >= 0.3 is 5.97 Å². The van der Waals surface area contributed by atoms with Gasteiger partial charge in [0.2, 0.25) is 70.9 Å². The zero-order chi connectivity index (χ0) is 55.8. The first-order valence-electron chi connectivity index (χ1n) is 23.2. The number of aliphatic hydroxyl groups excluding tert-OH is 1. The SMILES string of the molecule is CC[C@H](C)[C@H](NC(=O)[C@H](CC(N)=O)NC(=O)[C@H](Cc1ccccc1)NC(=O)[C@H](Cc1ccccc1)NC(C)=O)C(=O)N[C@@H](CC(=O)O)C(=O)N[C@@H](C)C(=O)N[C@@H](CC(N)=O)C(=O)N[C@H](C(=O)NCC(N)=O)[C@@H](C)O. The number of nitrogens with two attached hydrogens (primary N) is 3. The molecule has 0 fully saturated rings. The van der Waals surface area contributed by atoms with E-state index in [1.54, 1.807) is 67.6 Å². The molecule has 0 heterocycles. The average Bonchev–Trinajstić information content (AvgIpc) is 3.32. The maximum Gasteiger partial charge on any atom is 0.305 e. The molecule has 0 radical (unpaired) electrons. The molecule has 12 amide bonds. The number of carboxylic acid groups (broad SMARTS) is 1. The molecule has 0 saturated carbocycles. The molecule has 0 bridgehead atoms. The number of aliphatic hydroxyl groups is 1. The fourth-order valence-corrected chi connectivity index (χ4v) is 6.95. The van der Waals surface area contributed by atoms with E-state index in [1.165, 1.54) is 13.8 Å². The van der Waals surface area contributed by atoms with Crippen LogP contribution in [0.2, 0.25) is 0 Å². The van der Waals surface area contributed by atoms with Gasteiger partial charge in [0.1, 0.15) is 48.3 Å². The highest BCUT2D eigenvalue weighted by Crippen LogP contribution is 2.12. The Morgan fingerprint density at radius 1 is 0.473 bits per heavy atom. The van der Waals surface area contributed by atoms with Gasteiger partial charge < -0.3 is 75.3 Å². The minimum atomic E-state index is -1.94.